The minimum absolute atomic E-state index is 0.229. The van der Waals surface area contributed by atoms with Gasteiger partial charge in [0.25, 0.3) is 0 Å². The van der Waals surface area contributed by atoms with Crippen LogP contribution in [0.5, 0.6) is 0 Å². The molecule has 2 aromatic rings. The van der Waals surface area contributed by atoms with E-state index in [1.807, 2.05) is 43.3 Å². The first-order valence-electron chi connectivity index (χ1n) is 12.0. The van der Waals surface area contributed by atoms with E-state index in [0.717, 1.165) is 35.5 Å². The summed E-state index contributed by atoms with van der Waals surface area (Å²) in [6.07, 6.45) is 1.67. The molecule has 12 heteroatoms. The van der Waals surface area contributed by atoms with E-state index in [1.54, 1.807) is 6.08 Å². The van der Waals surface area contributed by atoms with Crippen LogP contribution in [0.4, 0.5) is 18.9 Å². The number of sulfone groups is 1. The van der Waals surface area contributed by atoms with Crippen LogP contribution in [0.25, 0.3) is 12.2 Å². The first kappa shape index (κ1) is 29.9. The third kappa shape index (κ3) is 8.69. The molecule has 7 nitrogen and oxygen atoms in total. The van der Waals surface area contributed by atoms with Crippen LogP contribution in [0, 0.1) is 0 Å². The van der Waals surface area contributed by atoms with Gasteiger partial charge < -0.3 is 10.2 Å². The minimum atomic E-state index is -4.74. The van der Waals surface area contributed by atoms with Gasteiger partial charge in [0.2, 0.25) is 10.0 Å². The molecular weight excluding hydrogens is 539 g/mol. The highest BCUT2D eigenvalue weighted by atomic mass is 32.2. The Kier molecular flexibility index (Phi) is 9.80. The van der Waals surface area contributed by atoms with Crippen LogP contribution in [0.3, 0.4) is 0 Å². The molecule has 3 rings (SSSR count). The summed E-state index contributed by atoms with van der Waals surface area (Å²) in [6, 6.07) is 9.74. The predicted molar refractivity (Wildman–Crippen MR) is 145 cm³/mol. The molecular formula is C26H32F3N3O4S2. The number of sulfonamides is 1. The highest BCUT2D eigenvalue weighted by molar-refractivity contribution is 7.91. The molecule has 0 saturated carbocycles. The molecule has 38 heavy (non-hydrogen) atoms. The van der Waals surface area contributed by atoms with Gasteiger partial charge in [-0.2, -0.15) is 13.2 Å². The van der Waals surface area contributed by atoms with Crippen molar-refractivity contribution in [2.75, 3.05) is 43.6 Å². The van der Waals surface area contributed by atoms with Crippen molar-refractivity contribution in [2.24, 2.45) is 0 Å². The number of nitrogens with zero attached hydrogens (tertiary/aromatic N) is 1. The summed E-state index contributed by atoms with van der Waals surface area (Å²) in [5, 5.41) is 3.12. The molecule has 0 atom stereocenters. The molecule has 2 N–H and O–H groups in total. The largest absolute Gasteiger partial charge is 0.416 e. The average Bonchev–Trinajstić information content (AvgIpc) is 2.84. The molecule has 0 aliphatic carbocycles. The van der Waals surface area contributed by atoms with Crippen LogP contribution in [0.1, 0.15) is 29.5 Å². The zero-order chi connectivity index (χ0) is 28.0. The average molecular weight is 572 g/mol. The number of nitrogens with one attached hydrogen (secondary N) is 2. The third-order valence-corrected chi connectivity index (χ3v) is 8.95. The van der Waals surface area contributed by atoms with Gasteiger partial charge in [0, 0.05) is 25.8 Å². The zero-order valence-corrected chi connectivity index (χ0v) is 22.8. The number of hydrogen-bond donors (Lipinski definition) is 2. The molecule has 1 heterocycles. The summed E-state index contributed by atoms with van der Waals surface area (Å²) in [5.41, 5.74) is 0.294. The number of benzene rings is 2. The van der Waals surface area contributed by atoms with Gasteiger partial charge in [-0.1, -0.05) is 36.4 Å². The number of anilines is 1. The van der Waals surface area contributed by atoms with E-state index >= 15 is 0 Å². The topological polar surface area (TPSA) is 95.6 Å². The first-order valence-corrected chi connectivity index (χ1v) is 15.3. The van der Waals surface area contributed by atoms with Crippen LogP contribution in [0.2, 0.25) is 0 Å². The lowest BCUT2D eigenvalue weighted by molar-refractivity contribution is -0.137. The standard InChI is InChI=1S/C26H32F3N3O4S2/c1-32(2)23-9-7-20(8-10-23)5-3-17-37(33,34)24-11-12-25(26(27,28)29)21(19-24)6-4-18-38(35,36)31-22-13-15-30-16-14-22/h3-12,19,22,30-31H,13-18H2,1-2H3. The normalized spacial score (nSPS) is 15.9. The lowest BCUT2D eigenvalue weighted by Crippen LogP contribution is -2.43. The lowest BCUT2D eigenvalue weighted by Gasteiger charge is -2.23. The van der Waals surface area contributed by atoms with E-state index in [1.165, 1.54) is 6.08 Å². The number of alkyl halides is 3. The molecule has 208 valence electrons. The summed E-state index contributed by atoms with van der Waals surface area (Å²) < 4.78 is 93.8. The number of hydrogen-bond acceptors (Lipinski definition) is 6. The summed E-state index contributed by atoms with van der Waals surface area (Å²) >= 11 is 0. The van der Waals surface area contributed by atoms with Gasteiger partial charge in [-0.15, -0.1) is 0 Å². The summed E-state index contributed by atoms with van der Waals surface area (Å²) in [7, 11) is -3.90. The molecule has 0 unspecified atom stereocenters. The molecule has 1 aliphatic rings. The molecule has 0 amide bonds. The Balaban J connectivity index is 1.76. The Labute approximate surface area is 222 Å². The third-order valence-electron chi connectivity index (χ3n) is 6.02. The van der Waals surface area contributed by atoms with Gasteiger partial charge in [0.05, 0.1) is 22.0 Å². The SMILES string of the molecule is CN(C)c1ccc(C=CCS(=O)(=O)c2ccc(C(F)(F)F)c(C=CCS(=O)(=O)NC3CCNCC3)c2)cc1. The van der Waals surface area contributed by atoms with Gasteiger partial charge in [-0.3, -0.25) is 0 Å². The monoisotopic (exact) mass is 571 g/mol. The number of rotatable bonds is 10. The second kappa shape index (κ2) is 12.5. The van der Waals surface area contributed by atoms with E-state index in [4.69, 9.17) is 0 Å². The van der Waals surface area contributed by atoms with Crippen molar-refractivity contribution >= 4 is 37.7 Å². The molecule has 2 aromatic carbocycles. The summed E-state index contributed by atoms with van der Waals surface area (Å²) in [6.45, 7) is 1.36. The maximum absolute atomic E-state index is 13.6. The van der Waals surface area contributed by atoms with Crippen molar-refractivity contribution in [3.8, 4) is 0 Å². The van der Waals surface area contributed by atoms with Crippen LogP contribution in [-0.2, 0) is 26.0 Å². The number of piperidine rings is 1. The number of halogens is 3. The van der Waals surface area contributed by atoms with E-state index < -0.39 is 48.7 Å². The van der Waals surface area contributed by atoms with Crippen LogP contribution < -0.4 is 14.9 Å². The smallest absolute Gasteiger partial charge is 0.378 e. The Hall–Kier alpha value is -2.67. The van der Waals surface area contributed by atoms with Crippen molar-refractivity contribution in [1.29, 1.82) is 0 Å². The highest BCUT2D eigenvalue weighted by Gasteiger charge is 2.33. The Morgan fingerprint density at radius 3 is 2.18 bits per heavy atom. The quantitative estimate of drug-likeness (QED) is 0.449. The second-order valence-electron chi connectivity index (χ2n) is 9.24. The Bertz CT molecular complexity index is 1360. The van der Waals surface area contributed by atoms with E-state index in [-0.39, 0.29) is 10.9 Å². The van der Waals surface area contributed by atoms with Crippen molar-refractivity contribution in [3.63, 3.8) is 0 Å². The molecule has 1 aliphatic heterocycles. The molecule has 0 bridgehead atoms. The molecule has 1 saturated heterocycles. The molecule has 1 fully saturated rings. The predicted octanol–water partition coefficient (Wildman–Crippen LogP) is 3.94. The van der Waals surface area contributed by atoms with Crippen molar-refractivity contribution < 1.29 is 30.0 Å². The fraction of sp³-hybridized carbons (Fsp3) is 0.385. The van der Waals surface area contributed by atoms with Crippen molar-refractivity contribution in [3.05, 3.63) is 71.3 Å². The van der Waals surface area contributed by atoms with Crippen molar-refractivity contribution in [2.45, 2.75) is 30.0 Å². The van der Waals surface area contributed by atoms with E-state index in [2.05, 4.69) is 10.0 Å². The van der Waals surface area contributed by atoms with E-state index in [9.17, 15) is 30.0 Å². The molecule has 0 radical (unpaired) electrons. The van der Waals surface area contributed by atoms with Gasteiger partial charge in [-0.25, -0.2) is 21.6 Å². The van der Waals surface area contributed by atoms with E-state index in [0.29, 0.717) is 32.0 Å². The Morgan fingerprint density at radius 1 is 0.947 bits per heavy atom. The summed E-state index contributed by atoms with van der Waals surface area (Å²) in [5.74, 6) is -0.938. The van der Waals surface area contributed by atoms with Crippen LogP contribution in [-0.4, -0.2) is 61.6 Å². The summed E-state index contributed by atoms with van der Waals surface area (Å²) in [4.78, 5) is 1.64. The van der Waals surface area contributed by atoms with Crippen LogP contribution >= 0.6 is 0 Å². The maximum atomic E-state index is 13.6. The van der Waals surface area contributed by atoms with Gasteiger partial charge in [-0.05, 0) is 67.4 Å². The fourth-order valence-corrected chi connectivity index (χ4v) is 6.28. The fourth-order valence-electron chi connectivity index (χ4n) is 3.96. The van der Waals surface area contributed by atoms with Gasteiger partial charge in [0.1, 0.15) is 0 Å². The lowest BCUT2D eigenvalue weighted by atomic mass is 10.1. The van der Waals surface area contributed by atoms with Gasteiger partial charge >= 0.3 is 6.18 Å². The minimum Gasteiger partial charge on any atom is -0.378 e. The van der Waals surface area contributed by atoms with Crippen molar-refractivity contribution in [1.82, 2.24) is 10.0 Å². The molecule has 0 spiro atoms. The molecule has 0 aromatic heterocycles. The van der Waals surface area contributed by atoms with Gasteiger partial charge in [0.15, 0.2) is 9.84 Å². The Morgan fingerprint density at radius 2 is 1.58 bits per heavy atom. The first-order chi connectivity index (χ1) is 17.8. The zero-order valence-electron chi connectivity index (χ0n) is 21.2. The van der Waals surface area contributed by atoms with Crippen LogP contribution in [0.15, 0.2) is 59.5 Å². The second-order valence-corrected chi connectivity index (χ2v) is 13.1. The maximum Gasteiger partial charge on any atom is 0.416 e. The highest BCUT2D eigenvalue weighted by Crippen LogP contribution is 2.34.